The van der Waals surface area contributed by atoms with Gasteiger partial charge in [0.15, 0.2) is 0 Å². The van der Waals surface area contributed by atoms with Crippen molar-refractivity contribution in [1.29, 1.82) is 0 Å². The minimum atomic E-state index is -0.991. The van der Waals surface area contributed by atoms with Gasteiger partial charge < -0.3 is 19.8 Å². The molecule has 7 rings (SSSR count). The zero-order chi connectivity index (χ0) is 28.5. The van der Waals surface area contributed by atoms with Crippen LogP contribution in [-0.2, 0) is 22.6 Å². The minimum absolute atomic E-state index is 0.00418. The van der Waals surface area contributed by atoms with Gasteiger partial charge in [-0.25, -0.2) is 0 Å². The molecule has 0 radical (unpaired) electrons. The summed E-state index contributed by atoms with van der Waals surface area (Å²) in [4.78, 5) is 15.7. The van der Waals surface area contributed by atoms with Gasteiger partial charge in [-0.2, -0.15) is 0 Å². The summed E-state index contributed by atoms with van der Waals surface area (Å²) in [5.74, 6) is 0.772. The SMILES string of the molecule is COC1=CC(O)=C2C3N(Cc4ccc(Cl)cc4)C(=O)CCC3(C(O)NCc3ccc(C)cc3)C3=CC24C(=CC=C3)C14. The molecule has 1 spiro atoms. The van der Waals surface area contributed by atoms with E-state index in [1.807, 2.05) is 42.2 Å². The Kier molecular flexibility index (Phi) is 6.09. The molecule has 2 aromatic rings. The molecular weight excluding hydrogens is 536 g/mol. The second-order valence-electron chi connectivity index (χ2n) is 11.8. The van der Waals surface area contributed by atoms with Gasteiger partial charge in [-0.1, -0.05) is 77.9 Å². The van der Waals surface area contributed by atoms with E-state index in [0.717, 1.165) is 27.8 Å². The Labute approximate surface area is 245 Å². The number of aliphatic hydroxyl groups is 2. The van der Waals surface area contributed by atoms with Crippen molar-refractivity contribution in [2.45, 2.75) is 45.1 Å². The van der Waals surface area contributed by atoms with Crippen molar-refractivity contribution in [3.05, 3.63) is 129 Å². The Balaban J connectivity index is 1.38. The number of halogens is 1. The number of ether oxygens (including phenoxy) is 1. The third-order valence-electron chi connectivity index (χ3n) is 9.67. The Morgan fingerprint density at radius 1 is 1.15 bits per heavy atom. The molecule has 210 valence electrons. The van der Waals surface area contributed by atoms with Gasteiger partial charge in [0, 0.05) is 36.2 Å². The molecular formula is C34H33ClN2O4. The van der Waals surface area contributed by atoms with Gasteiger partial charge in [0.2, 0.25) is 5.91 Å². The maximum atomic E-state index is 13.8. The maximum absolute atomic E-state index is 13.8. The molecule has 5 unspecified atom stereocenters. The number of methoxy groups -OCH3 is 1. The quantitative estimate of drug-likeness (QED) is 0.377. The van der Waals surface area contributed by atoms with Gasteiger partial charge >= 0.3 is 0 Å². The smallest absolute Gasteiger partial charge is 0.223 e. The summed E-state index contributed by atoms with van der Waals surface area (Å²) in [6.07, 6.45) is 9.85. The molecule has 4 aliphatic carbocycles. The fourth-order valence-electron chi connectivity index (χ4n) is 7.67. The molecule has 1 saturated heterocycles. The highest BCUT2D eigenvalue weighted by Gasteiger charge is 2.73. The van der Waals surface area contributed by atoms with Crippen molar-refractivity contribution in [2.24, 2.45) is 16.7 Å². The van der Waals surface area contributed by atoms with Crippen LogP contribution in [0.3, 0.4) is 0 Å². The summed E-state index contributed by atoms with van der Waals surface area (Å²) < 4.78 is 5.73. The lowest BCUT2D eigenvalue weighted by Gasteiger charge is -2.57. The molecule has 0 aromatic heterocycles. The normalized spacial score (nSPS) is 30.0. The average Bonchev–Trinajstić information content (AvgIpc) is 3.63. The number of amides is 1. The number of aliphatic hydroxyl groups excluding tert-OH is 2. The number of nitrogens with one attached hydrogen (secondary N) is 1. The molecule has 1 aliphatic heterocycles. The van der Waals surface area contributed by atoms with Gasteiger partial charge in [-0.05, 0) is 47.8 Å². The lowest BCUT2D eigenvalue weighted by molar-refractivity contribution is -0.148. The Bertz CT molecular complexity index is 1590. The monoisotopic (exact) mass is 568 g/mol. The Morgan fingerprint density at radius 2 is 1.88 bits per heavy atom. The molecule has 41 heavy (non-hydrogen) atoms. The molecule has 1 heterocycles. The van der Waals surface area contributed by atoms with Crippen molar-refractivity contribution < 1.29 is 19.7 Å². The van der Waals surface area contributed by atoms with Crippen LogP contribution in [0.2, 0.25) is 5.02 Å². The van der Waals surface area contributed by atoms with E-state index in [1.165, 1.54) is 5.56 Å². The highest BCUT2D eigenvalue weighted by Crippen LogP contribution is 2.75. The second kappa shape index (κ2) is 9.48. The number of likely N-dealkylation sites (tertiary alicyclic amines) is 1. The van der Waals surface area contributed by atoms with Crippen molar-refractivity contribution in [3.63, 3.8) is 0 Å². The van der Waals surface area contributed by atoms with Crippen LogP contribution in [0.4, 0.5) is 0 Å². The minimum Gasteiger partial charge on any atom is -0.508 e. The van der Waals surface area contributed by atoms with E-state index in [2.05, 4.69) is 47.8 Å². The summed E-state index contributed by atoms with van der Waals surface area (Å²) in [5, 5.41) is 27.9. The van der Waals surface area contributed by atoms with Crippen molar-refractivity contribution >= 4 is 17.5 Å². The van der Waals surface area contributed by atoms with Crippen LogP contribution in [-0.4, -0.2) is 40.4 Å². The number of piperidine rings is 1. The van der Waals surface area contributed by atoms with E-state index in [9.17, 15) is 15.0 Å². The van der Waals surface area contributed by atoms with E-state index in [-0.39, 0.29) is 24.0 Å². The Morgan fingerprint density at radius 3 is 2.61 bits per heavy atom. The van der Waals surface area contributed by atoms with Crippen molar-refractivity contribution in [1.82, 2.24) is 10.2 Å². The van der Waals surface area contributed by atoms with E-state index < -0.39 is 23.1 Å². The number of rotatable bonds is 7. The van der Waals surface area contributed by atoms with Gasteiger partial charge in [-0.15, -0.1) is 0 Å². The van der Waals surface area contributed by atoms with E-state index in [4.69, 9.17) is 16.3 Å². The summed E-state index contributed by atoms with van der Waals surface area (Å²) in [6.45, 7) is 2.85. The Hall–Kier alpha value is -3.58. The molecule has 5 aliphatic rings. The van der Waals surface area contributed by atoms with E-state index >= 15 is 0 Å². The molecule has 2 fully saturated rings. The largest absolute Gasteiger partial charge is 0.508 e. The van der Waals surface area contributed by atoms with Gasteiger partial charge in [0.05, 0.1) is 29.9 Å². The lowest BCUT2D eigenvalue weighted by Crippen LogP contribution is -2.65. The van der Waals surface area contributed by atoms with Gasteiger partial charge in [-0.3, -0.25) is 10.1 Å². The molecule has 5 atom stereocenters. The third kappa shape index (κ3) is 3.81. The molecule has 3 N–H and O–H groups in total. The first-order chi connectivity index (χ1) is 19.8. The van der Waals surface area contributed by atoms with E-state index in [1.54, 1.807) is 13.2 Å². The van der Waals surface area contributed by atoms with Crippen LogP contribution in [0.1, 0.15) is 29.5 Å². The summed E-state index contributed by atoms with van der Waals surface area (Å²) >= 11 is 6.17. The number of allylic oxidation sites excluding steroid dienone is 6. The standard InChI is InChI=1S/C34H33ClN2O4/c1-20-6-8-21(9-7-20)18-36-32(40)33-15-14-28(39)37(19-22-10-12-24(35)13-11-22)31(33)30-26(38)16-27(41-2)29-25-5-3-4-23(33)17-34(25,29)30/h3-13,16-17,29,31-32,36,38,40H,14-15,18-19H2,1-2H3. The zero-order valence-electron chi connectivity index (χ0n) is 23.1. The van der Waals surface area contributed by atoms with Crippen LogP contribution in [0, 0.1) is 23.7 Å². The van der Waals surface area contributed by atoms with Crippen LogP contribution in [0.5, 0.6) is 0 Å². The van der Waals surface area contributed by atoms with E-state index in [0.29, 0.717) is 30.3 Å². The molecule has 2 aromatic carbocycles. The number of hydrogen-bond donors (Lipinski definition) is 3. The average molecular weight is 569 g/mol. The lowest BCUT2D eigenvalue weighted by atomic mass is 9.56. The van der Waals surface area contributed by atoms with Gasteiger partial charge in [0.25, 0.3) is 0 Å². The molecule has 1 saturated carbocycles. The van der Waals surface area contributed by atoms with Crippen LogP contribution in [0.25, 0.3) is 0 Å². The van der Waals surface area contributed by atoms with Crippen LogP contribution in [0.15, 0.2) is 107 Å². The van der Waals surface area contributed by atoms with Crippen LogP contribution < -0.4 is 5.32 Å². The molecule has 6 nitrogen and oxygen atoms in total. The predicted octanol–water partition coefficient (Wildman–Crippen LogP) is 5.64. The van der Waals surface area contributed by atoms with Crippen molar-refractivity contribution in [3.8, 4) is 0 Å². The molecule has 7 heteroatoms. The summed E-state index contributed by atoms with van der Waals surface area (Å²) in [6, 6.07) is 15.1. The predicted molar refractivity (Wildman–Crippen MR) is 157 cm³/mol. The topological polar surface area (TPSA) is 82.0 Å². The zero-order valence-corrected chi connectivity index (χ0v) is 23.9. The summed E-state index contributed by atoms with van der Waals surface area (Å²) in [5.41, 5.74) is 4.58. The first kappa shape index (κ1) is 26.3. The highest BCUT2D eigenvalue weighted by atomic mass is 35.5. The maximum Gasteiger partial charge on any atom is 0.223 e. The number of carbonyl (C=O) groups is 1. The first-order valence-electron chi connectivity index (χ1n) is 14.1. The molecule has 2 bridgehead atoms. The molecule has 1 amide bonds. The second-order valence-corrected chi connectivity index (χ2v) is 12.2. The highest BCUT2D eigenvalue weighted by molar-refractivity contribution is 6.30. The first-order valence-corrected chi connectivity index (χ1v) is 14.5. The fraction of sp³-hybridized carbons (Fsp3) is 0.324. The number of benzene rings is 2. The number of nitrogens with zero attached hydrogens (tertiary/aromatic N) is 1. The van der Waals surface area contributed by atoms with Gasteiger partial charge in [0.1, 0.15) is 17.7 Å². The van der Waals surface area contributed by atoms with Crippen molar-refractivity contribution in [2.75, 3.05) is 7.11 Å². The fourth-order valence-corrected chi connectivity index (χ4v) is 7.80. The number of carbonyl (C=O) groups excluding carboxylic acids is 1. The third-order valence-corrected chi connectivity index (χ3v) is 9.93. The summed E-state index contributed by atoms with van der Waals surface area (Å²) in [7, 11) is 1.63. The number of hydrogen-bond acceptors (Lipinski definition) is 5. The number of fused-ring (bicyclic) bond motifs is 4. The number of aryl methyl sites for hydroxylation is 1. The van der Waals surface area contributed by atoms with Crippen LogP contribution >= 0.6 is 11.6 Å².